The van der Waals surface area contributed by atoms with Gasteiger partial charge in [0.2, 0.25) is 0 Å². The average molecular weight is 587 g/mol. The Hall–Kier alpha value is -6.26. The van der Waals surface area contributed by atoms with E-state index in [0.29, 0.717) is 0 Å². The first kappa shape index (κ1) is 25.1. The van der Waals surface area contributed by atoms with E-state index in [9.17, 15) is 0 Å². The van der Waals surface area contributed by atoms with Gasteiger partial charge in [0.05, 0.1) is 33.3 Å². The lowest BCUT2D eigenvalue weighted by molar-refractivity contribution is 1.04. The van der Waals surface area contributed by atoms with Crippen LogP contribution in [0.2, 0.25) is 0 Å². The van der Waals surface area contributed by atoms with Gasteiger partial charge in [-0.3, -0.25) is 4.57 Å². The SMILES string of the molecule is c1ccc(-c2cccc(-c3cc(-n4c5ccccc5c5ccc6c(cc7c8ccccc8c8ccccc8n76)c54)ncn3)c2)cc1. The van der Waals surface area contributed by atoms with Crippen molar-refractivity contribution in [3.63, 3.8) is 0 Å². The van der Waals surface area contributed by atoms with Crippen molar-refractivity contribution < 1.29 is 0 Å². The highest BCUT2D eigenvalue weighted by Crippen LogP contribution is 2.40. The molecule has 4 heteroatoms. The molecule has 4 heterocycles. The lowest BCUT2D eigenvalue weighted by Crippen LogP contribution is -1.99. The number of pyridine rings is 1. The van der Waals surface area contributed by atoms with Gasteiger partial charge in [-0.15, -0.1) is 0 Å². The molecule has 46 heavy (non-hydrogen) atoms. The van der Waals surface area contributed by atoms with Gasteiger partial charge in [-0.25, -0.2) is 9.97 Å². The molecule has 0 N–H and O–H groups in total. The summed E-state index contributed by atoms with van der Waals surface area (Å²) in [5.41, 5.74) is 10.2. The first-order valence-electron chi connectivity index (χ1n) is 15.6. The van der Waals surface area contributed by atoms with E-state index in [1.807, 2.05) is 6.07 Å². The molecule has 0 saturated heterocycles. The summed E-state index contributed by atoms with van der Waals surface area (Å²) < 4.78 is 4.75. The minimum absolute atomic E-state index is 0.846. The number of nitrogens with zero attached hydrogens (tertiary/aromatic N) is 4. The van der Waals surface area contributed by atoms with Gasteiger partial charge in [0, 0.05) is 38.6 Å². The molecule has 4 aromatic heterocycles. The summed E-state index contributed by atoms with van der Waals surface area (Å²) in [6, 6.07) is 54.2. The van der Waals surface area contributed by atoms with Crippen molar-refractivity contribution in [1.29, 1.82) is 0 Å². The van der Waals surface area contributed by atoms with Crippen molar-refractivity contribution >= 4 is 59.9 Å². The molecule has 0 radical (unpaired) electrons. The zero-order valence-electron chi connectivity index (χ0n) is 24.8. The molecule has 0 aliphatic carbocycles. The van der Waals surface area contributed by atoms with Crippen molar-refractivity contribution in [3.8, 4) is 28.2 Å². The summed E-state index contributed by atoms with van der Waals surface area (Å²) in [4.78, 5) is 9.65. The fourth-order valence-corrected chi connectivity index (χ4v) is 7.39. The number of aromatic nitrogens is 4. The second-order valence-corrected chi connectivity index (χ2v) is 11.9. The summed E-state index contributed by atoms with van der Waals surface area (Å²) in [5, 5.41) is 7.37. The third-order valence-electron chi connectivity index (χ3n) is 9.40. The van der Waals surface area contributed by atoms with E-state index in [2.05, 4.69) is 155 Å². The van der Waals surface area contributed by atoms with Gasteiger partial charge in [0.25, 0.3) is 0 Å². The summed E-state index contributed by atoms with van der Waals surface area (Å²) in [5.74, 6) is 0.846. The molecular formula is C42H26N4. The van der Waals surface area contributed by atoms with Crippen LogP contribution in [0.3, 0.4) is 0 Å². The zero-order chi connectivity index (χ0) is 30.2. The summed E-state index contributed by atoms with van der Waals surface area (Å²) in [7, 11) is 0. The summed E-state index contributed by atoms with van der Waals surface area (Å²) >= 11 is 0. The minimum atomic E-state index is 0.846. The summed E-state index contributed by atoms with van der Waals surface area (Å²) in [6.07, 6.45) is 1.69. The van der Waals surface area contributed by atoms with Crippen molar-refractivity contribution in [2.24, 2.45) is 0 Å². The van der Waals surface area contributed by atoms with E-state index in [1.54, 1.807) is 6.33 Å². The molecule has 10 rings (SSSR count). The highest BCUT2D eigenvalue weighted by molar-refractivity contribution is 6.22. The van der Waals surface area contributed by atoms with E-state index in [0.717, 1.165) is 33.7 Å². The van der Waals surface area contributed by atoms with Gasteiger partial charge in [-0.2, -0.15) is 0 Å². The smallest absolute Gasteiger partial charge is 0.141 e. The number of hydrogen-bond donors (Lipinski definition) is 0. The molecular weight excluding hydrogens is 560 g/mol. The maximum atomic E-state index is 4.89. The average Bonchev–Trinajstić information content (AvgIpc) is 3.69. The number of hydrogen-bond acceptors (Lipinski definition) is 2. The Morgan fingerprint density at radius 2 is 1.00 bits per heavy atom. The first-order chi connectivity index (χ1) is 22.8. The lowest BCUT2D eigenvalue weighted by Gasteiger charge is -2.11. The van der Waals surface area contributed by atoms with Crippen LogP contribution in [-0.4, -0.2) is 18.9 Å². The molecule has 0 bridgehead atoms. The predicted octanol–water partition coefficient (Wildman–Crippen LogP) is 10.6. The van der Waals surface area contributed by atoms with Gasteiger partial charge in [-0.05, 0) is 46.8 Å². The molecule has 6 aromatic carbocycles. The Bertz CT molecular complexity index is 2810. The Balaban J connectivity index is 1.28. The fourth-order valence-electron chi connectivity index (χ4n) is 7.39. The van der Waals surface area contributed by atoms with Gasteiger partial charge in [0.15, 0.2) is 0 Å². The molecule has 0 aliphatic heterocycles. The number of para-hydroxylation sites is 2. The van der Waals surface area contributed by atoms with Gasteiger partial charge in [0.1, 0.15) is 12.1 Å². The Kier molecular flexibility index (Phi) is 5.25. The highest BCUT2D eigenvalue weighted by Gasteiger charge is 2.20. The van der Waals surface area contributed by atoms with Crippen LogP contribution in [0, 0.1) is 0 Å². The van der Waals surface area contributed by atoms with Crippen molar-refractivity contribution in [2.75, 3.05) is 0 Å². The Labute approximate surface area is 264 Å². The molecule has 0 spiro atoms. The highest BCUT2D eigenvalue weighted by atomic mass is 15.1. The maximum absolute atomic E-state index is 4.89. The van der Waals surface area contributed by atoms with Crippen molar-refractivity contribution in [1.82, 2.24) is 18.9 Å². The maximum Gasteiger partial charge on any atom is 0.141 e. The molecule has 0 aliphatic rings. The van der Waals surface area contributed by atoms with Gasteiger partial charge >= 0.3 is 0 Å². The Morgan fingerprint density at radius 1 is 0.370 bits per heavy atom. The number of fused-ring (bicyclic) bond motifs is 12. The third kappa shape index (κ3) is 3.55. The minimum Gasteiger partial charge on any atom is -0.309 e. The van der Waals surface area contributed by atoms with Crippen LogP contribution < -0.4 is 0 Å². The quantitative estimate of drug-likeness (QED) is 0.193. The molecule has 0 atom stereocenters. The van der Waals surface area contributed by atoms with Crippen LogP contribution in [-0.2, 0) is 0 Å². The van der Waals surface area contributed by atoms with E-state index < -0.39 is 0 Å². The molecule has 0 amide bonds. The lowest BCUT2D eigenvalue weighted by atomic mass is 10.0. The molecule has 0 unspecified atom stereocenters. The second-order valence-electron chi connectivity index (χ2n) is 11.9. The van der Waals surface area contributed by atoms with Crippen LogP contribution in [0.5, 0.6) is 0 Å². The molecule has 214 valence electrons. The molecule has 0 saturated carbocycles. The number of benzene rings is 6. The monoisotopic (exact) mass is 586 g/mol. The van der Waals surface area contributed by atoms with Crippen molar-refractivity contribution in [3.05, 3.63) is 158 Å². The normalized spacial score (nSPS) is 11.9. The zero-order valence-corrected chi connectivity index (χ0v) is 24.8. The van der Waals surface area contributed by atoms with E-state index in [1.165, 1.54) is 54.4 Å². The predicted molar refractivity (Wildman–Crippen MR) is 191 cm³/mol. The van der Waals surface area contributed by atoms with E-state index >= 15 is 0 Å². The van der Waals surface area contributed by atoms with Crippen LogP contribution in [0.25, 0.3) is 88.1 Å². The van der Waals surface area contributed by atoms with Crippen LogP contribution in [0.1, 0.15) is 0 Å². The molecule has 0 fully saturated rings. The first-order valence-corrected chi connectivity index (χ1v) is 15.6. The summed E-state index contributed by atoms with van der Waals surface area (Å²) in [6.45, 7) is 0. The third-order valence-corrected chi connectivity index (χ3v) is 9.40. The molecule has 4 nitrogen and oxygen atoms in total. The van der Waals surface area contributed by atoms with Crippen LogP contribution >= 0.6 is 0 Å². The second kappa shape index (κ2) is 9.62. The van der Waals surface area contributed by atoms with Crippen LogP contribution in [0.15, 0.2) is 158 Å². The van der Waals surface area contributed by atoms with Crippen LogP contribution in [0.4, 0.5) is 0 Å². The Morgan fingerprint density at radius 3 is 1.83 bits per heavy atom. The van der Waals surface area contributed by atoms with Crippen molar-refractivity contribution in [2.45, 2.75) is 0 Å². The topological polar surface area (TPSA) is 35.1 Å². The largest absolute Gasteiger partial charge is 0.309 e. The molecule has 10 aromatic rings. The van der Waals surface area contributed by atoms with Gasteiger partial charge in [-0.1, -0.05) is 115 Å². The standard InChI is InChI=1S/C42H26N4/c1-2-11-27(12-3-1)28-13-10-14-29(23-28)36-25-41(44-26-43-36)46-38-20-9-7-18-33(38)34-21-22-39-35(42(34)46)24-40-32-17-5-4-15-30(32)31-16-6-8-19-37(31)45(39)40/h1-26H. The van der Waals surface area contributed by atoms with E-state index in [-0.39, 0.29) is 0 Å². The fraction of sp³-hybridized carbons (Fsp3) is 0. The van der Waals surface area contributed by atoms with Gasteiger partial charge < -0.3 is 4.40 Å². The van der Waals surface area contributed by atoms with E-state index in [4.69, 9.17) is 9.97 Å². The number of rotatable bonds is 3.